The van der Waals surface area contributed by atoms with Crippen LogP contribution in [0.3, 0.4) is 0 Å². The molecule has 0 saturated carbocycles. The number of hydrogen-bond donors (Lipinski definition) is 0. The molecule has 5 heteroatoms. The van der Waals surface area contributed by atoms with E-state index in [4.69, 9.17) is 0 Å². The maximum Gasteiger partial charge on any atom is 0.416 e. The van der Waals surface area contributed by atoms with Crippen LogP contribution in [0.5, 0.6) is 0 Å². The molecule has 0 aliphatic carbocycles. The number of halogens is 3. The predicted molar refractivity (Wildman–Crippen MR) is 137 cm³/mol. The number of unbranched alkanes of at least 4 members (excludes halogenated alkanes) is 3. The third-order valence-corrected chi connectivity index (χ3v) is 6.45. The van der Waals surface area contributed by atoms with Gasteiger partial charge in [0, 0.05) is 18.0 Å². The molecule has 0 fully saturated rings. The van der Waals surface area contributed by atoms with Gasteiger partial charge in [0.1, 0.15) is 5.82 Å². The van der Waals surface area contributed by atoms with Crippen LogP contribution in [-0.2, 0) is 12.6 Å². The number of hydrogen-bond acceptors (Lipinski definition) is 1. The molecule has 0 atom stereocenters. The summed E-state index contributed by atoms with van der Waals surface area (Å²) in [6, 6.07) is 18.3. The van der Waals surface area contributed by atoms with Gasteiger partial charge in [-0.2, -0.15) is 13.2 Å². The fraction of sp³-hybridized carbons (Fsp3) is 0.300. The molecule has 1 heterocycles. The Bertz CT molecular complexity index is 1240. The molecule has 4 rings (SSSR count). The Balaban J connectivity index is 1.59. The van der Waals surface area contributed by atoms with Crippen molar-refractivity contribution in [3.8, 4) is 28.2 Å². The standard InChI is InChI=1S/C30H31F3N2/c1-4-5-6-7-8-23-9-11-24(12-10-23)26-19-21(2)28(22(3)20-26)35-18-17-34-29(35)25-13-15-27(16-14-25)30(31,32)33/h9-20H,4-8H2,1-3H3. The molecule has 1 aromatic heterocycles. The molecule has 0 aliphatic rings. The van der Waals surface area contributed by atoms with Crippen molar-refractivity contribution in [2.75, 3.05) is 0 Å². The van der Waals surface area contributed by atoms with Crippen molar-refractivity contribution in [3.63, 3.8) is 0 Å². The van der Waals surface area contributed by atoms with E-state index in [-0.39, 0.29) is 0 Å². The summed E-state index contributed by atoms with van der Waals surface area (Å²) >= 11 is 0. The average molecular weight is 477 g/mol. The third kappa shape index (κ3) is 5.67. The molecule has 0 unspecified atom stereocenters. The highest BCUT2D eigenvalue weighted by molar-refractivity contribution is 5.70. The zero-order chi connectivity index (χ0) is 25.0. The topological polar surface area (TPSA) is 17.8 Å². The van der Waals surface area contributed by atoms with E-state index in [0.717, 1.165) is 40.9 Å². The van der Waals surface area contributed by atoms with Gasteiger partial charge in [0.2, 0.25) is 0 Å². The Morgan fingerprint density at radius 2 is 1.40 bits per heavy atom. The minimum Gasteiger partial charge on any atom is -0.299 e. The fourth-order valence-corrected chi connectivity index (χ4v) is 4.63. The van der Waals surface area contributed by atoms with Crippen molar-refractivity contribution in [1.82, 2.24) is 9.55 Å². The van der Waals surface area contributed by atoms with E-state index < -0.39 is 11.7 Å². The number of benzene rings is 3. The minimum atomic E-state index is -4.36. The molecule has 0 saturated heterocycles. The van der Waals surface area contributed by atoms with Crippen molar-refractivity contribution >= 4 is 0 Å². The first kappa shape index (κ1) is 24.8. The van der Waals surface area contributed by atoms with E-state index in [1.165, 1.54) is 48.9 Å². The van der Waals surface area contributed by atoms with Crippen molar-refractivity contribution < 1.29 is 13.2 Å². The van der Waals surface area contributed by atoms with Crippen LogP contribution in [0.15, 0.2) is 73.1 Å². The van der Waals surface area contributed by atoms with Gasteiger partial charge in [-0.1, -0.05) is 62.6 Å². The van der Waals surface area contributed by atoms with Crippen LogP contribution in [0.25, 0.3) is 28.2 Å². The Hall–Kier alpha value is -3.34. The van der Waals surface area contributed by atoms with Gasteiger partial charge in [-0.3, -0.25) is 4.57 Å². The molecule has 182 valence electrons. The van der Waals surface area contributed by atoms with Crippen LogP contribution in [0.2, 0.25) is 0 Å². The number of imidazole rings is 1. The second kappa shape index (κ2) is 10.5. The first-order valence-electron chi connectivity index (χ1n) is 12.2. The zero-order valence-corrected chi connectivity index (χ0v) is 20.5. The second-order valence-electron chi connectivity index (χ2n) is 9.16. The summed E-state index contributed by atoms with van der Waals surface area (Å²) in [5.74, 6) is 0.616. The molecule has 0 spiro atoms. The van der Waals surface area contributed by atoms with Crippen LogP contribution in [0.4, 0.5) is 13.2 Å². The van der Waals surface area contributed by atoms with Crippen LogP contribution < -0.4 is 0 Å². The van der Waals surface area contributed by atoms with Crippen LogP contribution >= 0.6 is 0 Å². The molecule has 3 aromatic carbocycles. The summed E-state index contributed by atoms with van der Waals surface area (Å²) in [6.07, 6.45) is 5.34. The Labute approximate surface area is 205 Å². The van der Waals surface area contributed by atoms with Crippen LogP contribution in [0, 0.1) is 13.8 Å². The van der Waals surface area contributed by atoms with E-state index in [9.17, 15) is 13.2 Å². The lowest BCUT2D eigenvalue weighted by Gasteiger charge is -2.17. The lowest BCUT2D eigenvalue weighted by molar-refractivity contribution is -0.137. The van der Waals surface area contributed by atoms with Gasteiger partial charge in [0.15, 0.2) is 0 Å². The molecule has 0 amide bonds. The molecular weight excluding hydrogens is 445 g/mol. The smallest absolute Gasteiger partial charge is 0.299 e. The summed E-state index contributed by atoms with van der Waals surface area (Å²) in [6.45, 7) is 6.35. The fourth-order valence-electron chi connectivity index (χ4n) is 4.63. The quantitative estimate of drug-likeness (QED) is 0.232. The summed E-state index contributed by atoms with van der Waals surface area (Å²) in [5, 5.41) is 0. The highest BCUT2D eigenvalue weighted by Crippen LogP contribution is 2.33. The number of nitrogens with zero attached hydrogens (tertiary/aromatic N) is 2. The monoisotopic (exact) mass is 476 g/mol. The van der Waals surface area contributed by atoms with E-state index in [0.29, 0.717) is 11.4 Å². The maximum absolute atomic E-state index is 13.0. The van der Waals surface area contributed by atoms with Crippen LogP contribution in [-0.4, -0.2) is 9.55 Å². The molecule has 0 radical (unpaired) electrons. The van der Waals surface area contributed by atoms with Gasteiger partial charge in [0.25, 0.3) is 0 Å². The molecule has 0 N–H and O–H groups in total. The normalized spacial score (nSPS) is 11.7. The Kier molecular flexibility index (Phi) is 7.44. The van der Waals surface area contributed by atoms with E-state index in [2.05, 4.69) is 62.2 Å². The molecule has 2 nitrogen and oxygen atoms in total. The first-order chi connectivity index (χ1) is 16.8. The average Bonchev–Trinajstić information content (AvgIpc) is 3.31. The first-order valence-corrected chi connectivity index (χ1v) is 12.2. The predicted octanol–water partition coefficient (Wildman–Crippen LogP) is 8.96. The van der Waals surface area contributed by atoms with Crippen molar-refractivity contribution in [2.24, 2.45) is 0 Å². The van der Waals surface area contributed by atoms with Gasteiger partial charge in [0.05, 0.1) is 11.3 Å². The molecule has 0 bridgehead atoms. The number of aryl methyl sites for hydroxylation is 3. The van der Waals surface area contributed by atoms with Gasteiger partial charge in [-0.25, -0.2) is 4.98 Å². The van der Waals surface area contributed by atoms with Gasteiger partial charge < -0.3 is 0 Å². The lowest BCUT2D eigenvalue weighted by Crippen LogP contribution is -2.05. The summed E-state index contributed by atoms with van der Waals surface area (Å²) < 4.78 is 40.9. The van der Waals surface area contributed by atoms with Gasteiger partial charge in [-0.05, 0) is 78.8 Å². The third-order valence-electron chi connectivity index (χ3n) is 6.45. The largest absolute Gasteiger partial charge is 0.416 e. The summed E-state index contributed by atoms with van der Waals surface area (Å²) in [7, 11) is 0. The van der Waals surface area contributed by atoms with Gasteiger partial charge >= 0.3 is 6.18 Å². The lowest BCUT2D eigenvalue weighted by atomic mass is 9.97. The molecular formula is C30H31F3N2. The van der Waals surface area contributed by atoms with Crippen molar-refractivity contribution in [2.45, 2.75) is 59.1 Å². The molecule has 0 aliphatic heterocycles. The molecule has 4 aromatic rings. The Morgan fingerprint density at radius 3 is 2.00 bits per heavy atom. The van der Waals surface area contributed by atoms with Crippen molar-refractivity contribution in [3.05, 3.63) is 95.3 Å². The van der Waals surface area contributed by atoms with E-state index in [1.54, 1.807) is 6.20 Å². The SMILES string of the molecule is CCCCCCc1ccc(-c2cc(C)c(-n3ccnc3-c3ccc(C(F)(F)F)cc3)c(C)c2)cc1. The number of aromatic nitrogens is 2. The molecule has 35 heavy (non-hydrogen) atoms. The van der Waals surface area contributed by atoms with E-state index in [1.807, 2.05) is 10.8 Å². The van der Waals surface area contributed by atoms with Gasteiger partial charge in [-0.15, -0.1) is 0 Å². The van der Waals surface area contributed by atoms with Crippen molar-refractivity contribution in [1.29, 1.82) is 0 Å². The van der Waals surface area contributed by atoms with E-state index >= 15 is 0 Å². The summed E-state index contributed by atoms with van der Waals surface area (Å²) in [5.41, 5.74) is 6.82. The highest BCUT2D eigenvalue weighted by Gasteiger charge is 2.30. The number of alkyl halides is 3. The Morgan fingerprint density at radius 1 is 0.771 bits per heavy atom. The van der Waals surface area contributed by atoms with Crippen LogP contribution in [0.1, 0.15) is 54.9 Å². The minimum absolute atomic E-state index is 0.616. The highest BCUT2D eigenvalue weighted by atomic mass is 19.4. The summed E-state index contributed by atoms with van der Waals surface area (Å²) in [4.78, 5) is 4.44. The number of rotatable bonds is 8. The second-order valence-corrected chi connectivity index (χ2v) is 9.16. The zero-order valence-electron chi connectivity index (χ0n) is 20.5. The maximum atomic E-state index is 13.0.